The fourth-order valence-electron chi connectivity index (χ4n) is 4.32. The van der Waals surface area contributed by atoms with E-state index in [-0.39, 0.29) is 36.4 Å². The molecule has 2 bridgehead atoms. The minimum atomic E-state index is 0. The van der Waals surface area contributed by atoms with Crippen molar-refractivity contribution in [3.05, 3.63) is 0 Å². The SMILES string of the molecule is CCN(CC1CCCO1)C(=O)C1C2CCC(C2)C1N.Cl. The molecule has 116 valence electrons. The third-order valence-corrected chi connectivity index (χ3v) is 5.41. The zero-order valence-corrected chi connectivity index (χ0v) is 13.1. The van der Waals surface area contributed by atoms with E-state index in [1.807, 2.05) is 4.90 Å². The summed E-state index contributed by atoms with van der Waals surface area (Å²) in [4.78, 5) is 14.7. The van der Waals surface area contributed by atoms with Gasteiger partial charge in [0.15, 0.2) is 0 Å². The van der Waals surface area contributed by atoms with Crippen LogP contribution in [-0.4, -0.2) is 42.6 Å². The van der Waals surface area contributed by atoms with Crippen molar-refractivity contribution in [2.45, 2.75) is 51.2 Å². The quantitative estimate of drug-likeness (QED) is 0.862. The van der Waals surface area contributed by atoms with Gasteiger partial charge in [-0.3, -0.25) is 4.79 Å². The maximum Gasteiger partial charge on any atom is 0.227 e. The Labute approximate surface area is 127 Å². The van der Waals surface area contributed by atoms with Crippen LogP contribution in [0.4, 0.5) is 0 Å². The molecule has 20 heavy (non-hydrogen) atoms. The molecule has 5 atom stereocenters. The monoisotopic (exact) mass is 302 g/mol. The van der Waals surface area contributed by atoms with Crippen molar-refractivity contribution < 1.29 is 9.53 Å². The molecule has 3 rings (SSSR count). The Morgan fingerprint density at radius 3 is 2.60 bits per heavy atom. The number of halogens is 1. The summed E-state index contributed by atoms with van der Waals surface area (Å²) >= 11 is 0. The van der Waals surface area contributed by atoms with Crippen molar-refractivity contribution >= 4 is 18.3 Å². The Morgan fingerprint density at radius 2 is 2.05 bits per heavy atom. The van der Waals surface area contributed by atoms with Crippen LogP contribution >= 0.6 is 12.4 Å². The highest BCUT2D eigenvalue weighted by Crippen LogP contribution is 2.48. The molecule has 0 spiro atoms. The lowest BCUT2D eigenvalue weighted by atomic mass is 9.84. The van der Waals surface area contributed by atoms with Crippen LogP contribution in [0.15, 0.2) is 0 Å². The highest BCUT2D eigenvalue weighted by atomic mass is 35.5. The molecule has 3 aliphatic rings. The Kier molecular flexibility index (Phi) is 5.32. The number of nitrogens with zero attached hydrogens (tertiary/aromatic N) is 1. The van der Waals surface area contributed by atoms with Crippen LogP contribution in [0.5, 0.6) is 0 Å². The Bertz CT molecular complexity index is 345. The van der Waals surface area contributed by atoms with Gasteiger partial charge in [-0.25, -0.2) is 0 Å². The van der Waals surface area contributed by atoms with E-state index in [0.29, 0.717) is 11.8 Å². The highest BCUT2D eigenvalue weighted by molar-refractivity contribution is 5.85. The first kappa shape index (κ1) is 16.1. The Balaban J connectivity index is 0.00000147. The fourth-order valence-corrected chi connectivity index (χ4v) is 4.32. The summed E-state index contributed by atoms with van der Waals surface area (Å²) in [7, 11) is 0. The summed E-state index contributed by atoms with van der Waals surface area (Å²) in [6.45, 7) is 4.45. The van der Waals surface area contributed by atoms with Gasteiger partial charge in [0.2, 0.25) is 5.91 Å². The van der Waals surface area contributed by atoms with Crippen LogP contribution in [-0.2, 0) is 9.53 Å². The van der Waals surface area contributed by atoms with E-state index in [2.05, 4.69) is 6.92 Å². The molecule has 5 unspecified atom stereocenters. The van der Waals surface area contributed by atoms with Crippen LogP contribution in [0, 0.1) is 17.8 Å². The maximum absolute atomic E-state index is 12.8. The van der Waals surface area contributed by atoms with E-state index in [4.69, 9.17) is 10.5 Å². The second-order valence-corrected chi connectivity index (χ2v) is 6.45. The lowest BCUT2D eigenvalue weighted by Crippen LogP contribution is -2.48. The van der Waals surface area contributed by atoms with Gasteiger partial charge in [-0.05, 0) is 50.9 Å². The second kappa shape index (κ2) is 6.63. The van der Waals surface area contributed by atoms with E-state index in [9.17, 15) is 4.79 Å². The number of nitrogens with two attached hydrogens (primary N) is 1. The molecule has 1 amide bonds. The summed E-state index contributed by atoms with van der Waals surface area (Å²) in [5.41, 5.74) is 6.29. The zero-order chi connectivity index (χ0) is 13.4. The average molecular weight is 303 g/mol. The summed E-state index contributed by atoms with van der Waals surface area (Å²) in [5.74, 6) is 1.52. The first-order chi connectivity index (χ1) is 9.20. The summed E-state index contributed by atoms with van der Waals surface area (Å²) in [6.07, 6.45) is 6.07. The smallest absolute Gasteiger partial charge is 0.227 e. The molecule has 1 saturated heterocycles. The number of carbonyl (C=O) groups is 1. The molecule has 0 aromatic carbocycles. The number of hydrogen-bond acceptors (Lipinski definition) is 3. The number of carbonyl (C=O) groups excluding carboxylic acids is 1. The minimum absolute atomic E-state index is 0. The first-order valence-corrected chi connectivity index (χ1v) is 7.86. The van der Waals surface area contributed by atoms with E-state index < -0.39 is 0 Å². The van der Waals surface area contributed by atoms with Gasteiger partial charge in [0.25, 0.3) is 0 Å². The van der Waals surface area contributed by atoms with Gasteiger partial charge < -0.3 is 15.4 Å². The summed E-state index contributed by atoms with van der Waals surface area (Å²) in [6, 6.07) is 0.102. The van der Waals surface area contributed by atoms with Crippen molar-refractivity contribution in [1.29, 1.82) is 0 Å². The van der Waals surface area contributed by atoms with Crippen LogP contribution in [0.1, 0.15) is 39.0 Å². The van der Waals surface area contributed by atoms with Gasteiger partial charge in [0.1, 0.15) is 0 Å². The molecule has 5 heteroatoms. The summed E-state index contributed by atoms with van der Waals surface area (Å²) in [5, 5.41) is 0. The first-order valence-electron chi connectivity index (χ1n) is 7.86. The summed E-state index contributed by atoms with van der Waals surface area (Å²) < 4.78 is 5.66. The topological polar surface area (TPSA) is 55.6 Å². The molecule has 1 aliphatic heterocycles. The van der Waals surface area contributed by atoms with Gasteiger partial charge in [0.05, 0.1) is 12.0 Å². The van der Waals surface area contributed by atoms with E-state index in [0.717, 1.165) is 32.5 Å². The normalized spacial score (nSPS) is 38.8. The van der Waals surface area contributed by atoms with E-state index in [1.165, 1.54) is 19.3 Å². The van der Waals surface area contributed by atoms with Crippen molar-refractivity contribution in [2.75, 3.05) is 19.7 Å². The number of hydrogen-bond donors (Lipinski definition) is 1. The predicted octanol–water partition coefficient (Wildman–Crippen LogP) is 1.81. The van der Waals surface area contributed by atoms with Crippen LogP contribution in [0.3, 0.4) is 0 Å². The molecule has 2 N–H and O–H groups in total. The Hall–Kier alpha value is -0.320. The molecule has 2 saturated carbocycles. The molecular formula is C15H27ClN2O2. The second-order valence-electron chi connectivity index (χ2n) is 6.45. The number of likely N-dealkylation sites (N-methyl/N-ethyl adjacent to an activating group) is 1. The molecule has 4 nitrogen and oxygen atoms in total. The van der Waals surface area contributed by atoms with Gasteiger partial charge in [-0.2, -0.15) is 0 Å². The number of amides is 1. The molecule has 2 aliphatic carbocycles. The highest BCUT2D eigenvalue weighted by Gasteiger charge is 2.50. The lowest BCUT2D eigenvalue weighted by molar-refractivity contribution is -0.139. The van der Waals surface area contributed by atoms with Crippen LogP contribution in [0.2, 0.25) is 0 Å². The van der Waals surface area contributed by atoms with E-state index >= 15 is 0 Å². The minimum Gasteiger partial charge on any atom is -0.376 e. The Morgan fingerprint density at radius 1 is 1.30 bits per heavy atom. The molecule has 0 radical (unpaired) electrons. The third-order valence-electron chi connectivity index (χ3n) is 5.41. The van der Waals surface area contributed by atoms with Gasteiger partial charge in [0, 0.05) is 25.7 Å². The molecule has 1 heterocycles. The predicted molar refractivity (Wildman–Crippen MR) is 80.8 cm³/mol. The zero-order valence-electron chi connectivity index (χ0n) is 12.3. The van der Waals surface area contributed by atoms with Crippen molar-refractivity contribution in [2.24, 2.45) is 23.5 Å². The van der Waals surface area contributed by atoms with Crippen molar-refractivity contribution in [3.8, 4) is 0 Å². The molecular weight excluding hydrogens is 276 g/mol. The van der Waals surface area contributed by atoms with Gasteiger partial charge in [-0.1, -0.05) is 0 Å². The fraction of sp³-hybridized carbons (Fsp3) is 0.933. The van der Waals surface area contributed by atoms with Crippen molar-refractivity contribution in [3.63, 3.8) is 0 Å². The van der Waals surface area contributed by atoms with Crippen molar-refractivity contribution in [1.82, 2.24) is 4.90 Å². The third kappa shape index (κ3) is 2.83. The standard InChI is InChI=1S/C15H26N2O2.ClH/c1-2-17(9-12-4-3-7-19-12)15(18)13-10-5-6-11(8-10)14(13)16;/h10-14H,2-9,16H2,1H3;1H. The number of ether oxygens (including phenoxy) is 1. The van der Waals surface area contributed by atoms with E-state index in [1.54, 1.807) is 0 Å². The van der Waals surface area contributed by atoms with Gasteiger partial charge >= 0.3 is 0 Å². The van der Waals surface area contributed by atoms with Crippen LogP contribution < -0.4 is 5.73 Å². The molecule has 0 aromatic rings. The number of rotatable bonds is 4. The van der Waals surface area contributed by atoms with Crippen LogP contribution in [0.25, 0.3) is 0 Å². The maximum atomic E-state index is 12.8. The largest absolute Gasteiger partial charge is 0.376 e. The van der Waals surface area contributed by atoms with Gasteiger partial charge in [-0.15, -0.1) is 12.4 Å². The lowest BCUT2D eigenvalue weighted by Gasteiger charge is -2.33. The molecule has 0 aromatic heterocycles. The average Bonchev–Trinajstić information content (AvgIpc) is 3.12. The number of fused-ring (bicyclic) bond motifs is 2. The molecule has 3 fully saturated rings.